The molecule has 2 rings (SSSR count). The van der Waals surface area contributed by atoms with Crippen LogP contribution in [0.25, 0.3) is 0 Å². The quantitative estimate of drug-likeness (QED) is 0.816. The van der Waals surface area contributed by atoms with E-state index in [1.165, 1.54) is 18.3 Å². The maximum Gasteiger partial charge on any atom is 0.214 e. The number of aromatic nitrogens is 1. The SMILES string of the molecule is N#Cc1ccc(Nc2ccnc(F)c2)cc1C#N. The molecule has 1 N–H and O–H groups in total. The second kappa shape index (κ2) is 4.94. The smallest absolute Gasteiger partial charge is 0.214 e. The minimum absolute atomic E-state index is 0.275. The average molecular weight is 238 g/mol. The first-order valence-electron chi connectivity index (χ1n) is 5.06. The Bertz CT molecular complexity index is 667. The van der Waals surface area contributed by atoms with Crippen LogP contribution in [0.15, 0.2) is 36.5 Å². The Balaban J connectivity index is 2.31. The summed E-state index contributed by atoms with van der Waals surface area (Å²) in [7, 11) is 0. The second-order valence-electron chi connectivity index (χ2n) is 3.48. The van der Waals surface area contributed by atoms with Crippen molar-refractivity contribution in [2.45, 2.75) is 0 Å². The highest BCUT2D eigenvalue weighted by molar-refractivity contribution is 5.63. The van der Waals surface area contributed by atoms with Crippen LogP contribution < -0.4 is 5.32 Å². The van der Waals surface area contributed by atoms with Gasteiger partial charge in [0.2, 0.25) is 5.95 Å². The van der Waals surface area contributed by atoms with E-state index in [4.69, 9.17) is 10.5 Å². The summed E-state index contributed by atoms with van der Waals surface area (Å²) >= 11 is 0. The minimum Gasteiger partial charge on any atom is -0.355 e. The van der Waals surface area contributed by atoms with Crippen LogP contribution in [0.5, 0.6) is 0 Å². The molecule has 0 saturated heterocycles. The van der Waals surface area contributed by atoms with Crippen molar-refractivity contribution in [2.24, 2.45) is 0 Å². The molecule has 0 fully saturated rings. The molecule has 5 heteroatoms. The van der Waals surface area contributed by atoms with Gasteiger partial charge in [0.05, 0.1) is 11.1 Å². The van der Waals surface area contributed by atoms with Crippen molar-refractivity contribution in [1.29, 1.82) is 10.5 Å². The molecule has 0 bridgehead atoms. The summed E-state index contributed by atoms with van der Waals surface area (Å²) in [5.41, 5.74) is 1.72. The van der Waals surface area contributed by atoms with Gasteiger partial charge in [-0.25, -0.2) is 4.98 Å². The Labute approximate surface area is 103 Å². The third kappa shape index (κ3) is 2.42. The van der Waals surface area contributed by atoms with E-state index in [0.717, 1.165) is 0 Å². The normalized spacial score (nSPS) is 9.28. The van der Waals surface area contributed by atoms with Gasteiger partial charge in [-0.1, -0.05) is 0 Å². The van der Waals surface area contributed by atoms with Gasteiger partial charge in [0.15, 0.2) is 0 Å². The molecule has 0 aliphatic heterocycles. The Kier molecular flexibility index (Phi) is 3.17. The van der Waals surface area contributed by atoms with Crippen molar-refractivity contribution in [3.8, 4) is 12.1 Å². The van der Waals surface area contributed by atoms with Crippen LogP contribution in [0.1, 0.15) is 11.1 Å². The summed E-state index contributed by atoms with van der Waals surface area (Å²) in [6.45, 7) is 0. The Hall–Kier alpha value is -2.92. The first-order valence-corrected chi connectivity index (χ1v) is 5.06. The number of hydrogen-bond donors (Lipinski definition) is 1. The predicted molar refractivity (Wildman–Crippen MR) is 63.3 cm³/mol. The lowest BCUT2D eigenvalue weighted by atomic mass is 10.1. The first-order chi connectivity index (χ1) is 8.72. The fourth-order valence-corrected chi connectivity index (χ4v) is 1.46. The van der Waals surface area contributed by atoms with Crippen molar-refractivity contribution >= 4 is 11.4 Å². The highest BCUT2D eigenvalue weighted by atomic mass is 19.1. The molecule has 2 aromatic rings. The fraction of sp³-hybridized carbons (Fsp3) is 0. The van der Waals surface area contributed by atoms with E-state index in [0.29, 0.717) is 16.9 Å². The molecule has 1 aromatic heterocycles. The fourth-order valence-electron chi connectivity index (χ4n) is 1.46. The maximum absolute atomic E-state index is 12.9. The number of anilines is 2. The van der Waals surface area contributed by atoms with Gasteiger partial charge in [0.1, 0.15) is 12.1 Å². The van der Waals surface area contributed by atoms with Crippen LogP contribution in [0.3, 0.4) is 0 Å². The molecular formula is C13H7FN4. The topological polar surface area (TPSA) is 72.5 Å². The number of benzene rings is 1. The average Bonchev–Trinajstić information content (AvgIpc) is 2.38. The number of nitrogens with one attached hydrogen (secondary N) is 1. The molecule has 0 aliphatic rings. The summed E-state index contributed by atoms with van der Waals surface area (Å²) in [6, 6.07) is 11.4. The van der Waals surface area contributed by atoms with Gasteiger partial charge < -0.3 is 5.32 Å². The number of halogens is 1. The van der Waals surface area contributed by atoms with Crippen LogP contribution in [0, 0.1) is 28.6 Å². The summed E-state index contributed by atoms with van der Waals surface area (Å²) in [6.07, 6.45) is 1.34. The second-order valence-corrected chi connectivity index (χ2v) is 3.48. The molecule has 0 unspecified atom stereocenters. The molecule has 4 nitrogen and oxygen atoms in total. The Morgan fingerprint density at radius 3 is 2.39 bits per heavy atom. The predicted octanol–water partition coefficient (Wildman–Crippen LogP) is 2.71. The molecule has 0 atom stereocenters. The molecule has 1 aromatic carbocycles. The van der Waals surface area contributed by atoms with E-state index in [-0.39, 0.29) is 5.56 Å². The number of rotatable bonds is 2. The van der Waals surface area contributed by atoms with Gasteiger partial charge in [0, 0.05) is 23.6 Å². The van der Waals surface area contributed by atoms with Crippen LogP contribution in [0.2, 0.25) is 0 Å². The van der Waals surface area contributed by atoms with Gasteiger partial charge in [0.25, 0.3) is 0 Å². The zero-order valence-corrected chi connectivity index (χ0v) is 9.18. The molecule has 1 heterocycles. The van der Waals surface area contributed by atoms with E-state index in [1.807, 2.05) is 12.1 Å². The van der Waals surface area contributed by atoms with Crippen molar-refractivity contribution in [1.82, 2.24) is 4.98 Å². The lowest BCUT2D eigenvalue weighted by Crippen LogP contribution is -1.94. The number of hydrogen-bond acceptors (Lipinski definition) is 4. The third-order valence-electron chi connectivity index (χ3n) is 2.28. The summed E-state index contributed by atoms with van der Waals surface area (Å²) < 4.78 is 12.9. The number of nitriles is 2. The van der Waals surface area contributed by atoms with Crippen LogP contribution >= 0.6 is 0 Å². The largest absolute Gasteiger partial charge is 0.355 e. The van der Waals surface area contributed by atoms with Crippen molar-refractivity contribution in [3.05, 3.63) is 53.6 Å². The van der Waals surface area contributed by atoms with Crippen molar-refractivity contribution in [2.75, 3.05) is 5.32 Å². The van der Waals surface area contributed by atoms with E-state index >= 15 is 0 Å². The lowest BCUT2D eigenvalue weighted by Gasteiger charge is -2.06. The van der Waals surface area contributed by atoms with E-state index in [9.17, 15) is 4.39 Å². The molecule has 0 amide bonds. The zero-order valence-electron chi connectivity index (χ0n) is 9.18. The molecule has 18 heavy (non-hydrogen) atoms. The zero-order chi connectivity index (χ0) is 13.0. The molecular weight excluding hydrogens is 231 g/mol. The van der Waals surface area contributed by atoms with Gasteiger partial charge in [-0.2, -0.15) is 14.9 Å². The summed E-state index contributed by atoms with van der Waals surface area (Å²) in [5.74, 6) is -0.589. The third-order valence-corrected chi connectivity index (χ3v) is 2.28. The highest BCUT2D eigenvalue weighted by Gasteiger charge is 2.03. The van der Waals surface area contributed by atoms with E-state index < -0.39 is 5.95 Å². The maximum atomic E-state index is 12.9. The van der Waals surface area contributed by atoms with Gasteiger partial charge >= 0.3 is 0 Å². The van der Waals surface area contributed by atoms with Crippen molar-refractivity contribution in [3.63, 3.8) is 0 Å². The molecule has 0 spiro atoms. The number of nitrogens with zero attached hydrogens (tertiary/aromatic N) is 3. The molecule has 0 aliphatic carbocycles. The monoisotopic (exact) mass is 238 g/mol. The Morgan fingerprint density at radius 2 is 1.72 bits per heavy atom. The first kappa shape index (κ1) is 11.6. The van der Waals surface area contributed by atoms with Crippen molar-refractivity contribution < 1.29 is 4.39 Å². The van der Waals surface area contributed by atoms with Gasteiger partial charge in [-0.3, -0.25) is 0 Å². The van der Waals surface area contributed by atoms with Gasteiger partial charge in [-0.15, -0.1) is 0 Å². The van der Waals surface area contributed by atoms with E-state index in [2.05, 4.69) is 10.3 Å². The van der Waals surface area contributed by atoms with Crippen LogP contribution in [-0.4, -0.2) is 4.98 Å². The molecule has 0 radical (unpaired) electrons. The Morgan fingerprint density at radius 1 is 1.00 bits per heavy atom. The molecule has 86 valence electrons. The van der Waals surface area contributed by atoms with Crippen LogP contribution in [-0.2, 0) is 0 Å². The van der Waals surface area contributed by atoms with Crippen LogP contribution in [0.4, 0.5) is 15.8 Å². The highest BCUT2D eigenvalue weighted by Crippen LogP contribution is 2.19. The van der Waals surface area contributed by atoms with Gasteiger partial charge in [-0.05, 0) is 24.3 Å². The number of pyridine rings is 1. The minimum atomic E-state index is -0.589. The lowest BCUT2D eigenvalue weighted by molar-refractivity contribution is 0.584. The van der Waals surface area contributed by atoms with E-state index in [1.54, 1.807) is 18.2 Å². The summed E-state index contributed by atoms with van der Waals surface area (Å²) in [5, 5.41) is 20.6. The summed E-state index contributed by atoms with van der Waals surface area (Å²) in [4.78, 5) is 3.44. The molecule has 0 saturated carbocycles. The standard InChI is InChI=1S/C13H7FN4/c14-13-6-12(3-4-17-13)18-11-2-1-9(7-15)10(5-11)8-16/h1-6H,(H,17,18).